The van der Waals surface area contributed by atoms with E-state index in [1.807, 2.05) is 6.92 Å². The average Bonchev–Trinajstić information content (AvgIpc) is 3.16. The van der Waals surface area contributed by atoms with Crippen LogP contribution < -0.4 is 5.32 Å². The first-order valence-corrected chi connectivity index (χ1v) is 11.1. The number of fused-ring (bicyclic) bond motifs is 1. The molecule has 0 unspecified atom stereocenters. The number of benzene rings is 1. The monoisotopic (exact) mass is 381 g/mol. The number of hydrogen-bond acceptors (Lipinski definition) is 3. The zero-order valence-corrected chi connectivity index (χ0v) is 17.3. The number of carbonyl (C=O) groups is 1. The predicted molar refractivity (Wildman–Crippen MR) is 114 cm³/mol. The van der Waals surface area contributed by atoms with E-state index >= 15 is 0 Å². The molecule has 2 saturated heterocycles. The van der Waals surface area contributed by atoms with Gasteiger partial charge in [-0.1, -0.05) is 36.4 Å². The molecule has 0 spiro atoms. The lowest BCUT2D eigenvalue weighted by Crippen LogP contribution is -2.52. The number of carbonyl (C=O) groups excluding carboxylic acids is 1. The lowest BCUT2D eigenvalue weighted by atomic mass is 9.92. The summed E-state index contributed by atoms with van der Waals surface area (Å²) in [6.45, 7) is 10.9. The highest BCUT2D eigenvalue weighted by Crippen LogP contribution is 2.29. The van der Waals surface area contributed by atoms with Crippen LogP contribution in [0, 0.1) is 5.92 Å². The van der Waals surface area contributed by atoms with E-state index in [4.69, 9.17) is 0 Å². The molecule has 152 valence electrons. The van der Waals surface area contributed by atoms with E-state index in [0.29, 0.717) is 18.6 Å². The van der Waals surface area contributed by atoms with Gasteiger partial charge in [0.2, 0.25) is 5.91 Å². The first-order valence-electron chi connectivity index (χ1n) is 11.1. The second-order valence-electron chi connectivity index (χ2n) is 9.11. The van der Waals surface area contributed by atoms with Gasteiger partial charge >= 0.3 is 0 Å². The van der Waals surface area contributed by atoms with E-state index in [2.05, 4.69) is 46.0 Å². The SMILES string of the molecule is C=C(C)CNC(=O)[C@H]1CCCN(C2CCN(C3Cc4ccccc4C3)CC2)C1. The van der Waals surface area contributed by atoms with Crippen molar-refractivity contribution >= 4 is 5.91 Å². The molecular weight excluding hydrogens is 346 g/mol. The molecular formula is C24H35N3O. The van der Waals surface area contributed by atoms with Gasteiger partial charge < -0.3 is 5.32 Å². The third kappa shape index (κ3) is 4.49. The second-order valence-corrected chi connectivity index (χ2v) is 9.11. The van der Waals surface area contributed by atoms with Crippen LogP contribution in [0.1, 0.15) is 43.7 Å². The molecule has 1 aromatic rings. The van der Waals surface area contributed by atoms with Crippen LogP contribution in [0.3, 0.4) is 0 Å². The quantitative estimate of drug-likeness (QED) is 0.797. The first kappa shape index (κ1) is 19.7. The highest BCUT2D eigenvalue weighted by molar-refractivity contribution is 5.79. The highest BCUT2D eigenvalue weighted by Gasteiger charge is 2.34. The molecule has 1 N–H and O–H groups in total. The van der Waals surface area contributed by atoms with Crippen LogP contribution in [-0.2, 0) is 17.6 Å². The number of nitrogens with one attached hydrogen (secondary N) is 1. The Bertz CT molecular complexity index is 683. The van der Waals surface area contributed by atoms with Gasteiger partial charge in [0, 0.05) is 25.2 Å². The van der Waals surface area contributed by atoms with Crippen molar-refractivity contribution in [1.82, 2.24) is 15.1 Å². The van der Waals surface area contributed by atoms with E-state index in [1.165, 1.54) is 38.8 Å². The number of rotatable bonds is 5. The van der Waals surface area contributed by atoms with Crippen molar-refractivity contribution in [2.24, 2.45) is 5.92 Å². The van der Waals surface area contributed by atoms with Gasteiger partial charge in [-0.2, -0.15) is 0 Å². The summed E-state index contributed by atoms with van der Waals surface area (Å²) in [5.41, 5.74) is 4.12. The summed E-state index contributed by atoms with van der Waals surface area (Å²) in [7, 11) is 0. The van der Waals surface area contributed by atoms with Crippen molar-refractivity contribution in [3.8, 4) is 0 Å². The summed E-state index contributed by atoms with van der Waals surface area (Å²) in [6.07, 6.45) is 7.09. The summed E-state index contributed by atoms with van der Waals surface area (Å²) >= 11 is 0. The number of piperidine rings is 2. The van der Waals surface area contributed by atoms with E-state index in [1.54, 1.807) is 11.1 Å². The molecule has 2 aliphatic heterocycles. The lowest BCUT2D eigenvalue weighted by Gasteiger charge is -2.43. The summed E-state index contributed by atoms with van der Waals surface area (Å²) in [5, 5.41) is 3.05. The standard InChI is InChI=1S/C24H35N3O/c1-18(2)16-25-24(28)21-8-5-11-27(17-21)22-9-12-26(13-10-22)23-14-19-6-3-4-7-20(19)15-23/h3-4,6-7,21-23H,1,5,8-17H2,2H3,(H,25,28)/t21-/m0/s1. The van der Waals surface area contributed by atoms with Crippen molar-refractivity contribution in [3.63, 3.8) is 0 Å². The molecule has 0 bridgehead atoms. The predicted octanol–water partition coefficient (Wildman–Crippen LogP) is 3.02. The molecule has 28 heavy (non-hydrogen) atoms. The zero-order valence-electron chi connectivity index (χ0n) is 17.3. The van der Waals surface area contributed by atoms with Crippen molar-refractivity contribution in [2.45, 2.75) is 57.5 Å². The van der Waals surface area contributed by atoms with Crippen molar-refractivity contribution in [3.05, 3.63) is 47.5 Å². The molecule has 0 aromatic heterocycles. The Labute approximate surface area is 170 Å². The number of amides is 1. The smallest absolute Gasteiger partial charge is 0.224 e. The summed E-state index contributed by atoms with van der Waals surface area (Å²) in [6, 6.07) is 10.3. The van der Waals surface area contributed by atoms with Gasteiger partial charge in [0.25, 0.3) is 0 Å². The third-order valence-corrected chi connectivity index (χ3v) is 6.95. The maximum atomic E-state index is 12.5. The minimum Gasteiger partial charge on any atom is -0.352 e. The van der Waals surface area contributed by atoms with Crippen molar-refractivity contribution in [1.29, 1.82) is 0 Å². The Hall–Kier alpha value is -1.65. The Balaban J connectivity index is 1.26. The van der Waals surface area contributed by atoms with Crippen LogP contribution in [-0.4, -0.2) is 60.5 Å². The molecule has 2 heterocycles. The normalized spacial score (nSPS) is 24.8. The molecule has 1 aliphatic carbocycles. The number of nitrogens with zero attached hydrogens (tertiary/aromatic N) is 2. The molecule has 1 atom stereocenters. The first-order chi connectivity index (χ1) is 13.6. The number of likely N-dealkylation sites (tertiary alicyclic amines) is 2. The lowest BCUT2D eigenvalue weighted by molar-refractivity contribution is -0.127. The molecule has 4 rings (SSSR count). The molecule has 4 nitrogen and oxygen atoms in total. The van der Waals surface area contributed by atoms with Gasteiger partial charge in [0.05, 0.1) is 5.92 Å². The van der Waals surface area contributed by atoms with E-state index in [-0.39, 0.29) is 11.8 Å². The van der Waals surface area contributed by atoms with Crippen molar-refractivity contribution < 1.29 is 4.79 Å². The van der Waals surface area contributed by atoms with Crippen molar-refractivity contribution in [2.75, 3.05) is 32.7 Å². The third-order valence-electron chi connectivity index (χ3n) is 6.95. The summed E-state index contributed by atoms with van der Waals surface area (Å²) in [4.78, 5) is 17.8. The van der Waals surface area contributed by atoms with Crippen LogP contribution in [0.5, 0.6) is 0 Å². The Morgan fingerprint density at radius 3 is 2.36 bits per heavy atom. The Morgan fingerprint density at radius 2 is 1.71 bits per heavy atom. The van der Waals surface area contributed by atoms with Gasteiger partial charge in [0.1, 0.15) is 0 Å². The van der Waals surface area contributed by atoms with Crippen LogP contribution >= 0.6 is 0 Å². The molecule has 2 fully saturated rings. The molecule has 3 aliphatic rings. The molecule has 1 aromatic carbocycles. The van der Waals surface area contributed by atoms with Crippen LogP contribution in [0.4, 0.5) is 0 Å². The van der Waals surface area contributed by atoms with E-state index < -0.39 is 0 Å². The zero-order chi connectivity index (χ0) is 19.5. The van der Waals surface area contributed by atoms with Gasteiger partial charge in [-0.05, 0) is 76.2 Å². The molecule has 0 saturated carbocycles. The Morgan fingerprint density at radius 1 is 1.04 bits per heavy atom. The number of hydrogen-bond donors (Lipinski definition) is 1. The molecule has 0 radical (unpaired) electrons. The minimum atomic E-state index is 0.149. The fourth-order valence-electron chi connectivity index (χ4n) is 5.34. The van der Waals surface area contributed by atoms with Gasteiger partial charge in [-0.15, -0.1) is 0 Å². The maximum Gasteiger partial charge on any atom is 0.224 e. The summed E-state index contributed by atoms with van der Waals surface area (Å²) in [5.74, 6) is 0.365. The molecule has 4 heteroatoms. The van der Waals surface area contributed by atoms with Crippen LogP contribution in [0.15, 0.2) is 36.4 Å². The fraction of sp³-hybridized carbons (Fsp3) is 0.625. The minimum absolute atomic E-state index is 0.149. The van der Waals surface area contributed by atoms with Crippen LogP contribution in [0.25, 0.3) is 0 Å². The van der Waals surface area contributed by atoms with E-state index in [0.717, 1.165) is 31.5 Å². The van der Waals surface area contributed by atoms with Gasteiger partial charge in [-0.25, -0.2) is 0 Å². The van der Waals surface area contributed by atoms with E-state index in [9.17, 15) is 4.79 Å². The second kappa shape index (κ2) is 8.79. The topological polar surface area (TPSA) is 35.6 Å². The summed E-state index contributed by atoms with van der Waals surface area (Å²) < 4.78 is 0. The van der Waals surface area contributed by atoms with Crippen LogP contribution in [0.2, 0.25) is 0 Å². The fourth-order valence-corrected chi connectivity index (χ4v) is 5.34. The highest BCUT2D eigenvalue weighted by atomic mass is 16.1. The maximum absolute atomic E-state index is 12.5. The van der Waals surface area contributed by atoms with Gasteiger partial charge in [0.15, 0.2) is 0 Å². The average molecular weight is 382 g/mol. The molecule has 1 amide bonds. The van der Waals surface area contributed by atoms with Gasteiger partial charge in [-0.3, -0.25) is 14.6 Å². The largest absolute Gasteiger partial charge is 0.352 e. The Kier molecular flexibility index (Phi) is 6.17.